The van der Waals surface area contributed by atoms with Gasteiger partial charge in [0.1, 0.15) is 11.6 Å². The molecule has 10 heteroatoms. The molecular formula is C17H21ClFN3O4S. The number of hydrogen-bond acceptors (Lipinski definition) is 6. The van der Waals surface area contributed by atoms with E-state index in [0.29, 0.717) is 25.3 Å². The second-order valence-corrected chi connectivity index (χ2v) is 7.09. The van der Waals surface area contributed by atoms with E-state index in [-0.39, 0.29) is 35.1 Å². The van der Waals surface area contributed by atoms with Crippen LogP contribution in [0.3, 0.4) is 0 Å². The molecular weight excluding hydrogens is 397 g/mol. The summed E-state index contributed by atoms with van der Waals surface area (Å²) in [6.45, 7) is 5.25. The number of halogens is 2. The third-order valence-electron chi connectivity index (χ3n) is 3.46. The molecule has 2 amide bonds. The predicted molar refractivity (Wildman–Crippen MR) is 102 cm³/mol. The fourth-order valence-corrected chi connectivity index (χ4v) is 2.90. The Morgan fingerprint density at radius 2 is 2.22 bits per heavy atom. The standard InChI is InChI=1S/C17H21ClFN3O4S/c1-11(2-5-15(23)21-9-17-20-6-7-26-27-17)22-16(24)10-25-12-3-4-13(18)14(19)8-12/h3-4,8,17,20H,1-2,5-7,9-10H2,(H,21,23)(H,22,24). The fourth-order valence-electron chi connectivity index (χ4n) is 2.10. The fraction of sp³-hybridized carbons (Fsp3) is 0.412. The smallest absolute Gasteiger partial charge is 0.262 e. The van der Waals surface area contributed by atoms with E-state index in [1.165, 1.54) is 24.2 Å². The maximum atomic E-state index is 13.3. The second kappa shape index (κ2) is 11.1. The topological polar surface area (TPSA) is 88.7 Å². The van der Waals surface area contributed by atoms with Gasteiger partial charge in [-0.2, -0.15) is 0 Å². The van der Waals surface area contributed by atoms with E-state index in [4.69, 9.17) is 20.5 Å². The molecule has 0 spiro atoms. The van der Waals surface area contributed by atoms with Gasteiger partial charge >= 0.3 is 0 Å². The summed E-state index contributed by atoms with van der Waals surface area (Å²) in [5.41, 5.74) is 0.398. The molecule has 27 heavy (non-hydrogen) atoms. The Bertz CT molecular complexity index is 686. The summed E-state index contributed by atoms with van der Waals surface area (Å²) in [7, 11) is 0. The maximum Gasteiger partial charge on any atom is 0.262 e. The average molecular weight is 418 g/mol. The van der Waals surface area contributed by atoms with E-state index in [0.717, 1.165) is 12.6 Å². The first-order valence-corrected chi connectivity index (χ1v) is 9.46. The van der Waals surface area contributed by atoms with Crippen molar-refractivity contribution < 1.29 is 22.9 Å². The largest absolute Gasteiger partial charge is 0.484 e. The monoisotopic (exact) mass is 417 g/mol. The van der Waals surface area contributed by atoms with Gasteiger partial charge in [-0.1, -0.05) is 18.2 Å². The maximum absolute atomic E-state index is 13.3. The zero-order valence-corrected chi connectivity index (χ0v) is 16.1. The lowest BCUT2D eigenvalue weighted by molar-refractivity contribution is -0.123. The molecule has 1 aliphatic rings. The number of rotatable bonds is 9. The van der Waals surface area contributed by atoms with E-state index < -0.39 is 11.7 Å². The number of carbonyl (C=O) groups is 2. The molecule has 148 valence electrons. The van der Waals surface area contributed by atoms with Crippen molar-refractivity contribution in [1.82, 2.24) is 16.0 Å². The van der Waals surface area contributed by atoms with Crippen LogP contribution >= 0.6 is 23.6 Å². The zero-order valence-electron chi connectivity index (χ0n) is 14.6. The quantitative estimate of drug-likeness (QED) is 0.532. The van der Waals surface area contributed by atoms with Crippen LogP contribution in [-0.2, 0) is 13.8 Å². The van der Waals surface area contributed by atoms with Crippen LogP contribution in [0.2, 0.25) is 5.02 Å². The van der Waals surface area contributed by atoms with Gasteiger partial charge in [-0.05, 0) is 18.6 Å². The van der Waals surface area contributed by atoms with Gasteiger partial charge in [0.25, 0.3) is 5.91 Å². The van der Waals surface area contributed by atoms with Crippen molar-refractivity contribution in [3.63, 3.8) is 0 Å². The molecule has 1 aliphatic heterocycles. The number of amides is 2. The summed E-state index contributed by atoms with van der Waals surface area (Å²) < 4.78 is 23.7. The first-order valence-electron chi connectivity index (χ1n) is 8.28. The van der Waals surface area contributed by atoms with Crippen molar-refractivity contribution in [1.29, 1.82) is 0 Å². The molecule has 1 aromatic rings. The van der Waals surface area contributed by atoms with Gasteiger partial charge in [-0.15, -0.1) is 0 Å². The first kappa shape index (κ1) is 21.5. The summed E-state index contributed by atoms with van der Waals surface area (Å²) in [6, 6.07) is 3.90. The lowest BCUT2D eigenvalue weighted by Gasteiger charge is -2.22. The molecule has 1 saturated heterocycles. The summed E-state index contributed by atoms with van der Waals surface area (Å²) in [5, 5.41) is 8.54. The molecule has 0 bridgehead atoms. The van der Waals surface area contributed by atoms with Crippen LogP contribution in [0.4, 0.5) is 4.39 Å². The highest BCUT2D eigenvalue weighted by atomic mass is 35.5. The summed E-state index contributed by atoms with van der Waals surface area (Å²) in [6.07, 6.45) is 0.496. The number of nitrogens with one attached hydrogen (secondary N) is 3. The number of benzene rings is 1. The van der Waals surface area contributed by atoms with Crippen LogP contribution in [0.15, 0.2) is 30.5 Å². The molecule has 0 aliphatic carbocycles. The Morgan fingerprint density at radius 1 is 1.41 bits per heavy atom. The van der Waals surface area contributed by atoms with Crippen LogP contribution < -0.4 is 20.7 Å². The molecule has 1 aromatic carbocycles. The number of carbonyl (C=O) groups excluding carboxylic acids is 2. The van der Waals surface area contributed by atoms with Crippen LogP contribution in [0.1, 0.15) is 12.8 Å². The van der Waals surface area contributed by atoms with Gasteiger partial charge < -0.3 is 19.6 Å². The third-order valence-corrected chi connectivity index (χ3v) is 4.63. The van der Waals surface area contributed by atoms with Gasteiger partial charge in [0.15, 0.2) is 6.61 Å². The van der Waals surface area contributed by atoms with Gasteiger partial charge in [0, 0.05) is 43.3 Å². The number of allylic oxidation sites excluding steroid dienone is 1. The highest BCUT2D eigenvalue weighted by Crippen LogP contribution is 2.20. The average Bonchev–Trinajstić information content (AvgIpc) is 2.66. The van der Waals surface area contributed by atoms with E-state index in [1.54, 1.807) is 0 Å². The van der Waals surface area contributed by atoms with Crippen molar-refractivity contribution in [3.8, 4) is 5.75 Å². The number of ether oxygens (including phenoxy) is 1. The Labute approximate surface area is 166 Å². The molecule has 2 rings (SSSR count). The molecule has 7 nitrogen and oxygen atoms in total. The minimum Gasteiger partial charge on any atom is -0.484 e. The Morgan fingerprint density at radius 3 is 2.93 bits per heavy atom. The first-order chi connectivity index (χ1) is 12.9. The van der Waals surface area contributed by atoms with Crippen molar-refractivity contribution in [2.75, 3.05) is 26.3 Å². The zero-order chi connectivity index (χ0) is 19.6. The minimum absolute atomic E-state index is 0.0242. The molecule has 1 unspecified atom stereocenters. The molecule has 1 atom stereocenters. The van der Waals surface area contributed by atoms with Crippen LogP contribution in [0, 0.1) is 5.82 Å². The SMILES string of the molecule is C=C(CCC(=O)NCC1NCCOS1)NC(=O)COc1ccc(Cl)c(F)c1. The van der Waals surface area contributed by atoms with Gasteiger partial charge in [-0.3, -0.25) is 14.9 Å². The van der Waals surface area contributed by atoms with Crippen molar-refractivity contribution in [3.05, 3.63) is 41.3 Å². The van der Waals surface area contributed by atoms with E-state index in [9.17, 15) is 14.0 Å². The molecule has 1 heterocycles. The molecule has 0 radical (unpaired) electrons. The molecule has 0 aromatic heterocycles. The lowest BCUT2D eigenvalue weighted by Crippen LogP contribution is -2.42. The van der Waals surface area contributed by atoms with Gasteiger partial charge in [0.2, 0.25) is 5.91 Å². The Balaban J connectivity index is 1.60. The summed E-state index contributed by atoms with van der Waals surface area (Å²) >= 11 is 6.87. The van der Waals surface area contributed by atoms with Gasteiger partial charge in [-0.25, -0.2) is 4.39 Å². The van der Waals surface area contributed by atoms with E-state index in [2.05, 4.69) is 22.5 Å². The van der Waals surface area contributed by atoms with Crippen LogP contribution in [0.25, 0.3) is 0 Å². The van der Waals surface area contributed by atoms with E-state index in [1.807, 2.05) is 0 Å². The minimum atomic E-state index is -0.626. The van der Waals surface area contributed by atoms with Crippen LogP contribution in [0.5, 0.6) is 5.75 Å². The third kappa shape index (κ3) is 8.17. The molecule has 1 fully saturated rings. The van der Waals surface area contributed by atoms with E-state index >= 15 is 0 Å². The highest BCUT2D eigenvalue weighted by molar-refractivity contribution is 7.95. The predicted octanol–water partition coefficient (Wildman–Crippen LogP) is 1.98. The lowest BCUT2D eigenvalue weighted by atomic mass is 10.2. The van der Waals surface area contributed by atoms with Crippen molar-refractivity contribution in [2.24, 2.45) is 0 Å². The van der Waals surface area contributed by atoms with Crippen molar-refractivity contribution >= 4 is 35.5 Å². The summed E-state index contributed by atoms with van der Waals surface area (Å²) in [5.74, 6) is -1.03. The Hall–Kier alpha value is -1.81. The van der Waals surface area contributed by atoms with Crippen LogP contribution in [-0.4, -0.2) is 43.5 Å². The second-order valence-electron chi connectivity index (χ2n) is 5.68. The molecule has 3 N–H and O–H groups in total. The van der Waals surface area contributed by atoms with Crippen molar-refractivity contribution in [2.45, 2.75) is 18.2 Å². The number of hydrogen-bond donors (Lipinski definition) is 3. The molecule has 0 saturated carbocycles. The normalized spacial score (nSPS) is 16.4. The van der Waals surface area contributed by atoms with Gasteiger partial charge in [0.05, 0.1) is 17.0 Å². The summed E-state index contributed by atoms with van der Waals surface area (Å²) in [4.78, 5) is 23.6. The Kier molecular flexibility index (Phi) is 8.86. The highest BCUT2D eigenvalue weighted by Gasteiger charge is 2.15.